The Morgan fingerprint density at radius 3 is 3.05 bits per heavy atom. The van der Waals surface area contributed by atoms with Gasteiger partial charge in [-0.2, -0.15) is 10.4 Å². The van der Waals surface area contributed by atoms with Crippen LogP contribution in [0.5, 0.6) is 5.75 Å². The third-order valence-corrected chi connectivity index (χ3v) is 3.58. The monoisotopic (exact) mass is 285 g/mol. The van der Waals surface area contributed by atoms with Gasteiger partial charge in [-0.3, -0.25) is 4.79 Å². The Morgan fingerprint density at radius 2 is 2.29 bits per heavy atom. The number of ether oxygens (including phenoxy) is 1. The number of amides is 1. The van der Waals surface area contributed by atoms with Crippen molar-refractivity contribution < 1.29 is 9.53 Å². The molecule has 5 nitrogen and oxygen atoms in total. The number of hydrogen-bond acceptors (Lipinski definition) is 4. The number of hydrogen-bond donors (Lipinski definition) is 1. The summed E-state index contributed by atoms with van der Waals surface area (Å²) in [5, 5.41) is 13.1. The Morgan fingerprint density at radius 1 is 1.48 bits per heavy atom. The second-order valence-electron chi connectivity index (χ2n) is 5.18. The van der Waals surface area contributed by atoms with Crippen LogP contribution >= 0.6 is 0 Å². The Bertz CT molecular complexity index is 575. The van der Waals surface area contributed by atoms with Gasteiger partial charge in [-0.1, -0.05) is 25.5 Å². The van der Waals surface area contributed by atoms with E-state index in [9.17, 15) is 4.79 Å². The van der Waals surface area contributed by atoms with Crippen LogP contribution in [0.3, 0.4) is 0 Å². The number of hydrazone groups is 1. The van der Waals surface area contributed by atoms with Crippen LogP contribution < -0.4 is 10.2 Å². The molecule has 1 aliphatic carbocycles. The average Bonchev–Trinajstić information content (AvgIpc) is 2.52. The van der Waals surface area contributed by atoms with E-state index in [0.29, 0.717) is 17.2 Å². The third-order valence-electron chi connectivity index (χ3n) is 3.58. The van der Waals surface area contributed by atoms with Crippen LogP contribution in [0.4, 0.5) is 0 Å². The average molecular weight is 285 g/mol. The Kier molecular flexibility index (Phi) is 5.33. The van der Waals surface area contributed by atoms with Crippen molar-refractivity contribution in [1.29, 1.82) is 5.26 Å². The lowest BCUT2D eigenvalue weighted by Gasteiger charge is -2.19. The lowest BCUT2D eigenvalue weighted by molar-refractivity contribution is -0.123. The van der Waals surface area contributed by atoms with Gasteiger partial charge in [0, 0.05) is 5.71 Å². The molecule has 5 heteroatoms. The fourth-order valence-corrected chi connectivity index (χ4v) is 2.33. The molecule has 0 aliphatic heterocycles. The maximum absolute atomic E-state index is 11.7. The number of benzene rings is 1. The summed E-state index contributed by atoms with van der Waals surface area (Å²) in [5.74, 6) is 0.529. The summed E-state index contributed by atoms with van der Waals surface area (Å²) in [6.07, 6.45) is 4.42. The fraction of sp³-hybridized carbons (Fsp3) is 0.438. The minimum atomic E-state index is -0.312. The van der Waals surface area contributed by atoms with Crippen molar-refractivity contribution in [1.82, 2.24) is 5.43 Å². The molecule has 1 aromatic rings. The molecule has 2 rings (SSSR count). The zero-order chi connectivity index (χ0) is 15.1. The van der Waals surface area contributed by atoms with Gasteiger partial charge in [-0.05, 0) is 37.3 Å². The predicted molar refractivity (Wildman–Crippen MR) is 79.9 cm³/mol. The maximum Gasteiger partial charge on any atom is 0.277 e. The van der Waals surface area contributed by atoms with Crippen LogP contribution in [-0.4, -0.2) is 18.2 Å². The number of carbonyl (C=O) groups is 1. The summed E-state index contributed by atoms with van der Waals surface area (Å²) in [6.45, 7) is 1.98. The third kappa shape index (κ3) is 4.32. The van der Waals surface area contributed by atoms with Crippen molar-refractivity contribution in [3.05, 3.63) is 29.8 Å². The van der Waals surface area contributed by atoms with Crippen molar-refractivity contribution in [3.63, 3.8) is 0 Å². The van der Waals surface area contributed by atoms with E-state index in [1.807, 2.05) is 6.07 Å². The van der Waals surface area contributed by atoms with Crippen LogP contribution in [0.25, 0.3) is 0 Å². The summed E-state index contributed by atoms with van der Waals surface area (Å²) in [6, 6.07) is 8.86. The molecular formula is C16H19N3O2. The Labute approximate surface area is 124 Å². The van der Waals surface area contributed by atoms with Crippen molar-refractivity contribution in [2.24, 2.45) is 11.0 Å². The van der Waals surface area contributed by atoms with Crippen LogP contribution in [0.2, 0.25) is 0 Å². The molecule has 1 aliphatic rings. The molecule has 0 heterocycles. The predicted octanol–water partition coefficient (Wildman–Crippen LogP) is 2.62. The molecule has 0 radical (unpaired) electrons. The molecule has 1 amide bonds. The van der Waals surface area contributed by atoms with E-state index in [0.717, 1.165) is 25.0 Å². The number of carbonyl (C=O) groups excluding carboxylic acids is 1. The minimum Gasteiger partial charge on any atom is -0.482 e. The zero-order valence-electron chi connectivity index (χ0n) is 12.1. The minimum absolute atomic E-state index is 0.149. The van der Waals surface area contributed by atoms with Crippen LogP contribution in [-0.2, 0) is 4.79 Å². The van der Waals surface area contributed by atoms with Crippen molar-refractivity contribution >= 4 is 11.6 Å². The molecule has 1 N–H and O–H groups in total. The molecule has 1 atom stereocenters. The van der Waals surface area contributed by atoms with E-state index in [-0.39, 0.29) is 12.5 Å². The van der Waals surface area contributed by atoms with Gasteiger partial charge in [-0.25, -0.2) is 5.43 Å². The molecular weight excluding hydrogens is 266 g/mol. The van der Waals surface area contributed by atoms with E-state index in [4.69, 9.17) is 10.00 Å². The number of nitrogens with one attached hydrogen (secondary N) is 1. The van der Waals surface area contributed by atoms with E-state index in [1.54, 1.807) is 24.3 Å². The van der Waals surface area contributed by atoms with Gasteiger partial charge >= 0.3 is 0 Å². The van der Waals surface area contributed by atoms with Gasteiger partial charge in [0.15, 0.2) is 6.61 Å². The summed E-state index contributed by atoms with van der Waals surface area (Å²) < 4.78 is 5.35. The van der Waals surface area contributed by atoms with Crippen molar-refractivity contribution in [3.8, 4) is 11.8 Å². The molecule has 1 aromatic carbocycles. The number of rotatable bonds is 4. The molecule has 110 valence electrons. The van der Waals surface area contributed by atoms with E-state index < -0.39 is 0 Å². The lowest BCUT2D eigenvalue weighted by Crippen LogP contribution is -2.28. The molecule has 0 spiro atoms. The Hall–Kier alpha value is -2.35. The first-order valence-electron chi connectivity index (χ1n) is 7.18. The molecule has 0 unspecified atom stereocenters. The van der Waals surface area contributed by atoms with Gasteiger partial charge in [0.1, 0.15) is 11.8 Å². The quantitative estimate of drug-likeness (QED) is 0.864. The molecule has 21 heavy (non-hydrogen) atoms. The van der Waals surface area contributed by atoms with E-state index in [1.165, 1.54) is 6.42 Å². The fourth-order valence-electron chi connectivity index (χ4n) is 2.33. The van der Waals surface area contributed by atoms with Gasteiger partial charge in [0.05, 0.1) is 5.56 Å². The highest BCUT2D eigenvalue weighted by molar-refractivity contribution is 5.88. The topological polar surface area (TPSA) is 74.5 Å². The van der Waals surface area contributed by atoms with Crippen molar-refractivity contribution in [2.45, 2.75) is 32.6 Å². The highest BCUT2D eigenvalue weighted by atomic mass is 16.5. The summed E-state index contributed by atoms with van der Waals surface area (Å²) in [4.78, 5) is 11.7. The summed E-state index contributed by atoms with van der Waals surface area (Å²) in [7, 11) is 0. The normalized spacial score (nSPS) is 19.8. The first-order chi connectivity index (χ1) is 10.2. The zero-order valence-corrected chi connectivity index (χ0v) is 12.1. The molecule has 1 fully saturated rings. The maximum atomic E-state index is 11.7. The number of para-hydroxylation sites is 1. The van der Waals surface area contributed by atoms with Crippen LogP contribution in [0.1, 0.15) is 38.2 Å². The lowest BCUT2D eigenvalue weighted by atomic mass is 9.89. The molecule has 0 bridgehead atoms. The molecule has 1 saturated carbocycles. The van der Waals surface area contributed by atoms with Crippen LogP contribution in [0, 0.1) is 17.2 Å². The summed E-state index contributed by atoms with van der Waals surface area (Å²) in [5.41, 5.74) is 3.99. The second-order valence-corrected chi connectivity index (χ2v) is 5.18. The first kappa shape index (κ1) is 15.0. The highest BCUT2D eigenvalue weighted by Gasteiger charge is 2.16. The van der Waals surface area contributed by atoms with Gasteiger partial charge in [0.25, 0.3) is 5.91 Å². The largest absolute Gasteiger partial charge is 0.482 e. The first-order valence-corrected chi connectivity index (χ1v) is 7.18. The SMILES string of the molecule is C[C@@H]1CCCC/C1=N/NC(=O)COc1ccccc1C#N. The van der Waals surface area contributed by atoms with E-state index in [2.05, 4.69) is 17.5 Å². The van der Waals surface area contributed by atoms with Gasteiger partial charge in [0.2, 0.25) is 0 Å². The van der Waals surface area contributed by atoms with Gasteiger partial charge in [-0.15, -0.1) is 0 Å². The molecule has 0 aromatic heterocycles. The number of nitriles is 1. The Balaban J connectivity index is 1.85. The summed E-state index contributed by atoms with van der Waals surface area (Å²) >= 11 is 0. The second kappa shape index (κ2) is 7.44. The smallest absolute Gasteiger partial charge is 0.277 e. The number of nitrogens with zero attached hydrogens (tertiary/aromatic N) is 2. The van der Waals surface area contributed by atoms with Gasteiger partial charge < -0.3 is 4.74 Å². The van der Waals surface area contributed by atoms with Crippen molar-refractivity contribution in [2.75, 3.05) is 6.61 Å². The van der Waals surface area contributed by atoms with Crippen LogP contribution in [0.15, 0.2) is 29.4 Å². The highest BCUT2D eigenvalue weighted by Crippen LogP contribution is 2.20. The van der Waals surface area contributed by atoms with E-state index >= 15 is 0 Å². The molecule has 0 saturated heterocycles. The standard InChI is InChI=1S/C16H19N3O2/c1-12-6-2-4-8-14(12)18-19-16(20)11-21-15-9-5-3-7-13(15)10-17/h3,5,7,9,12H,2,4,6,8,11H2,1H3,(H,19,20)/b18-14-/t12-/m1/s1.